The maximum atomic E-state index is 13.7. The quantitative estimate of drug-likeness (QED) is 0.861. The van der Waals surface area contributed by atoms with E-state index in [9.17, 15) is 9.18 Å². The van der Waals surface area contributed by atoms with E-state index in [1.54, 1.807) is 31.2 Å². The smallest absolute Gasteiger partial charge is 0.338 e. The first-order valence-electron chi connectivity index (χ1n) is 6.39. The first-order valence-corrected chi connectivity index (χ1v) is 6.77. The van der Waals surface area contributed by atoms with Crippen LogP contribution in [0.1, 0.15) is 21.5 Å². The van der Waals surface area contributed by atoms with Crippen LogP contribution in [-0.2, 0) is 11.3 Å². The molecule has 0 heterocycles. The van der Waals surface area contributed by atoms with E-state index in [0.29, 0.717) is 16.1 Å². The summed E-state index contributed by atoms with van der Waals surface area (Å²) in [6, 6.07) is 9.80. The number of esters is 1. The minimum atomic E-state index is -0.403. The van der Waals surface area contributed by atoms with Crippen LogP contribution in [0.4, 0.5) is 10.1 Å². The average Bonchev–Trinajstić information content (AvgIpc) is 2.47. The van der Waals surface area contributed by atoms with Crippen molar-refractivity contribution in [3.05, 3.63) is 63.9 Å². The molecule has 3 nitrogen and oxygen atoms in total. The predicted octanol–water partition coefficient (Wildman–Crippen LogP) is 4.19. The van der Waals surface area contributed by atoms with Crippen molar-refractivity contribution in [2.24, 2.45) is 0 Å². The monoisotopic (exact) mass is 307 g/mol. The first-order chi connectivity index (χ1) is 10.0. The van der Waals surface area contributed by atoms with E-state index in [1.807, 2.05) is 6.07 Å². The van der Waals surface area contributed by atoms with Crippen molar-refractivity contribution in [2.75, 3.05) is 12.4 Å². The van der Waals surface area contributed by atoms with Crippen molar-refractivity contribution >= 4 is 23.3 Å². The molecule has 21 heavy (non-hydrogen) atoms. The zero-order chi connectivity index (χ0) is 15.4. The molecule has 0 fully saturated rings. The van der Waals surface area contributed by atoms with Crippen molar-refractivity contribution < 1.29 is 13.9 Å². The molecule has 0 spiro atoms. The summed E-state index contributed by atoms with van der Waals surface area (Å²) < 4.78 is 18.4. The molecule has 0 saturated heterocycles. The molecule has 2 aromatic rings. The van der Waals surface area contributed by atoms with Gasteiger partial charge in [-0.15, -0.1) is 0 Å². The van der Waals surface area contributed by atoms with Crippen LogP contribution >= 0.6 is 11.6 Å². The lowest BCUT2D eigenvalue weighted by Gasteiger charge is -2.13. The molecule has 1 N–H and O–H groups in total. The number of anilines is 1. The second kappa shape index (κ2) is 6.59. The van der Waals surface area contributed by atoms with Gasteiger partial charge in [0, 0.05) is 22.8 Å². The lowest BCUT2D eigenvalue weighted by Crippen LogP contribution is -2.08. The number of carbonyl (C=O) groups is 1. The molecule has 0 saturated carbocycles. The second-order valence-corrected chi connectivity index (χ2v) is 4.93. The fraction of sp³-hybridized carbons (Fsp3) is 0.188. The van der Waals surface area contributed by atoms with Crippen molar-refractivity contribution in [1.82, 2.24) is 0 Å². The molecular formula is C16H15ClFNO2. The summed E-state index contributed by atoms with van der Waals surface area (Å²) in [6.45, 7) is 2.04. The van der Waals surface area contributed by atoms with Gasteiger partial charge in [0.15, 0.2) is 0 Å². The van der Waals surface area contributed by atoms with E-state index in [0.717, 1.165) is 11.3 Å². The molecule has 110 valence electrons. The van der Waals surface area contributed by atoms with Gasteiger partial charge in [-0.25, -0.2) is 9.18 Å². The highest BCUT2D eigenvalue weighted by molar-refractivity contribution is 6.31. The number of carbonyl (C=O) groups excluding carboxylic acids is 1. The summed E-state index contributed by atoms with van der Waals surface area (Å²) in [4.78, 5) is 11.6. The molecule has 0 aliphatic rings. The van der Waals surface area contributed by atoms with Gasteiger partial charge in [-0.3, -0.25) is 0 Å². The van der Waals surface area contributed by atoms with Crippen LogP contribution < -0.4 is 5.32 Å². The summed E-state index contributed by atoms with van der Waals surface area (Å²) >= 11 is 5.99. The minimum absolute atomic E-state index is 0.233. The standard InChI is InChI=1S/C16H15ClFNO2/c1-10-11(16(20)21-2)5-3-8-15(10)19-9-12-13(17)6-4-7-14(12)18/h3-8,19H,9H2,1-2H3. The van der Waals surface area contributed by atoms with Gasteiger partial charge >= 0.3 is 5.97 Å². The van der Waals surface area contributed by atoms with Gasteiger partial charge < -0.3 is 10.1 Å². The summed E-state index contributed by atoms with van der Waals surface area (Å²) in [6.07, 6.45) is 0. The molecule has 2 aromatic carbocycles. The normalized spacial score (nSPS) is 10.3. The Bertz CT molecular complexity index is 653. The number of nitrogens with one attached hydrogen (secondary N) is 1. The molecule has 0 atom stereocenters. The Kier molecular flexibility index (Phi) is 4.81. The summed E-state index contributed by atoms with van der Waals surface area (Å²) in [5.41, 5.74) is 2.35. The molecule has 0 aromatic heterocycles. The van der Waals surface area contributed by atoms with Gasteiger partial charge in [0.25, 0.3) is 0 Å². The van der Waals surface area contributed by atoms with Crippen LogP contribution in [0.25, 0.3) is 0 Å². The fourth-order valence-electron chi connectivity index (χ4n) is 2.04. The van der Waals surface area contributed by atoms with Crippen molar-refractivity contribution in [3.63, 3.8) is 0 Å². The Morgan fingerprint density at radius 3 is 2.67 bits per heavy atom. The molecule has 5 heteroatoms. The highest BCUT2D eigenvalue weighted by Gasteiger charge is 2.12. The van der Waals surface area contributed by atoms with Gasteiger partial charge in [0.1, 0.15) is 5.82 Å². The number of halogens is 2. The number of methoxy groups -OCH3 is 1. The van der Waals surface area contributed by atoms with Crippen molar-refractivity contribution in [2.45, 2.75) is 13.5 Å². The van der Waals surface area contributed by atoms with Crippen LogP contribution in [0.5, 0.6) is 0 Å². The first kappa shape index (κ1) is 15.3. The number of benzene rings is 2. The van der Waals surface area contributed by atoms with E-state index in [-0.39, 0.29) is 12.4 Å². The maximum Gasteiger partial charge on any atom is 0.338 e. The number of hydrogen-bond donors (Lipinski definition) is 1. The zero-order valence-electron chi connectivity index (χ0n) is 11.7. The maximum absolute atomic E-state index is 13.7. The highest BCUT2D eigenvalue weighted by atomic mass is 35.5. The van der Waals surface area contributed by atoms with E-state index in [1.165, 1.54) is 13.2 Å². The SMILES string of the molecule is COC(=O)c1cccc(NCc2c(F)cccc2Cl)c1C. The third-order valence-corrected chi connectivity index (χ3v) is 3.61. The molecule has 0 amide bonds. The minimum Gasteiger partial charge on any atom is -0.465 e. The summed E-state index contributed by atoms with van der Waals surface area (Å²) in [5.74, 6) is -0.767. The van der Waals surface area contributed by atoms with Gasteiger partial charge in [0.05, 0.1) is 12.7 Å². The molecule has 0 radical (unpaired) electrons. The average molecular weight is 308 g/mol. The highest BCUT2D eigenvalue weighted by Crippen LogP contribution is 2.23. The molecule has 0 unspecified atom stereocenters. The second-order valence-electron chi connectivity index (χ2n) is 4.52. The van der Waals surface area contributed by atoms with Crippen LogP contribution in [0.2, 0.25) is 5.02 Å². The van der Waals surface area contributed by atoms with Crippen LogP contribution in [-0.4, -0.2) is 13.1 Å². The van der Waals surface area contributed by atoms with Gasteiger partial charge in [-0.1, -0.05) is 23.7 Å². The van der Waals surface area contributed by atoms with Crippen LogP contribution in [0, 0.1) is 12.7 Å². The molecule has 2 rings (SSSR count). The lowest BCUT2D eigenvalue weighted by atomic mass is 10.1. The number of rotatable bonds is 4. The topological polar surface area (TPSA) is 38.3 Å². The van der Waals surface area contributed by atoms with Gasteiger partial charge in [0.2, 0.25) is 0 Å². The van der Waals surface area contributed by atoms with E-state index in [2.05, 4.69) is 5.32 Å². The van der Waals surface area contributed by atoms with E-state index < -0.39 is 5.97 Å². The van der Waals surface area contributed by atoms with E-state index in [4.69, 9.17) is 16.3 Å². The Morgan fingerprint density at radius 1 is 1.29 bits per heavy atom. The van der Waals surface area contributed by atoms with Gasteiger partial charge in [-0.2, -0.15) is 0 Å². The predicted molar refractivity (Wildman–Crippen MR) is 81.3 cm³/mol. The largest absolute Gasteiger partial charge is 0.465 e. The van der Waals surface area contributed by atoms with Crippen molar-refractivity contribution in [1.29, 1.82) is 0 Å². The Balaban J connectivity index is 2.23. The molecule has 0 bridgehead atoms. The lowest BCUT2D eigenvalue weighted by molar-refractivity contribution is 0.0600. The molecule has 0 aliphatic heterocycles. The zero-order valence-corrected chi connectivity index (χ0v) is 12.5. The Labute approximate surface area is 127 Å². The third kappa shape index (κ3) is 3.34. The van der Waals surface area contributed by atoms with Crippen molar-refractivity contribution in [3.8, 4) is 0 Å². The Morgan fingerprint density at radius 2 is 2.00 bits per heavy atom. The van der Waals surface area contributed by atoms with Crippen LogP contribution in [0.15, 0.2) is 36.4 Å². The van der Waals surface area contributed by atoms with Gasteiger partial charge in [-0.05, 0) is 36.8 Å². The van der Waals surface area contributed by atoms with Crippen LogP contribution in [0.3, 0.4) is 0 Å². The number of ether oxygens (including phenoxy) is 1. The Hall–Kier alpha value is -2.07. The fourth-order valence-corrected chi connectivity index (χ4v) is 2.27. The summed E-state index contributed by atoms with van der Waals surface area (Å²) in [7, 11) is 1.33. The number of hydrogen-bond acceptors (Lipinski definition) is 3. The molecular weight excluding hydrogens is 293 g/mol. The third-order valence-electron chi connectivity index (χ3n) is 3.26. The molecule has 0 aliphatic carbocycles. The van der Waals surface area contributed by atoms with E-state index >= 15 is 0 Å². The summed E-state index contributed by atoms with van der Waals surface area (Å²) in [5, 5.41) is 3.46.